The SMILES string of the molecule is COC(=O)N(C)c1ccc(Nc2cc(-c3ccc(OC)cc3)ncn2)cc1. The van der Waals surface area contributed by atoms with Crippen LogP contribution in [0.25, 0.3) is 11.3 Å². The minimum atomic E-state index is -0.421. The molecule has 2 aromatic carbocycles. The van der Waals surface area contributed by atoms with Crippen LogP contribution in [0.2, 0.25) is 0 Å². The second-order valence-electron chi connectivity index (χ2n) is 5.72. The topological polar surface area (TPSA) is 76.6 Å². The molecule has 3 aromatic rings. The molecule has 0 saturated heterocycles. The van der Waals surface area contributed by atoms with Crippen molar-refractivity contribution < 1.29 is 14.3 Å². The number of amides is 1. The quantitative estimate of drug-likeness (QED) is 0.734. The van der Waals surface area contributed by atoms with Crippen LogP contribution in [0.5, 0.6) is 5.75 Å². The Balaban J connectivity index is 1.75. The molecule has 0 aliphatic heterocycles. The Labute approximate surface area is 157 Å². The Morgan fingerprint density at radius 2 is 1.70 bits per heavy atom. The minimum absolute atomic E-state index is 0.421. The molecule has 0 unspecified atom stereocenters. The Morgan fingerprint density at radius 1 is 1.00 bits per heavy atom. The summed E-state index contributed by atoms with van der Waals surface area (Å²) in [7, 11) is 4.64. The standard InChI is InChI=1S/C20H20N4O3/c1-24(20(25)27-3)16-8-6-15(7-9-16)23-19-12-18(21-13-22-19)14-4-10-17(26-2)11-5-14/h4-13H,1-3H3,(H,21,22,23). The zero-order valence-corrected chi connectivity index (χ0v) is 15.3. The van der Waals surface area contributed by atoms with Crippen LogP contribution in [0, 0.1) is 0 Å². The summed E-state index contributed by atoms with van der Waals surface area (Å²) in [5.41, 5.74) is 3.35. The van der Waals surface area contributed by atoms with Gasteiger partial charge in [0.05, 0.1) is 19.9 Å². The molecule has 0 radical (unpaired) electrons. The molecule has 0 aliphatic rings. The molecule has 0 aliphatic carbocycles. The van der Waals surface area contributed by atoms with Gasteiger partial charge in [0.15, 0.2) is 0 Å². The van der Waals surface area contributed by atoms with Gasteiger partial charge >= 0.3 is 6.09 Å². The molecule has 0 atom stereocenters. The molecule has 7 nitrogen and oxygen atoms in total. The molecule has 1 aromatic heterocycles. The fourth-order valence-corrected chi connectivity index (χ4v) is 2.50. The highest BCUT2D eigenvalue weighted by Crippen LogP contribution is 2.24. The van der Waals surface area contributed by atoms with Gasteiger partial charge < -0.3 is 14.8 Å². The molecular weight excluding hydrogens is 344 g/mol. The highest BCUT2D eigenvalue weighted by atomic mass is 16.5. The Hall–Kier alpha value is -3.61. The first-order chi connectivity index (χ1) is 13.1. The van der Waals surface area contributed by atoms with E-state index in [-0.39, 0.29) is 0 Å². The second kappa shape index (κ2) is 8.18. The maximum absolute atomic E-state index is 11.6. The number of nitrogens with zero attached hydrogens (tertiary/aromatic N) is 3. The van der Waals surface area contributed by atoms with Gasteiger partial charge in [0.25, 0.3) is 0 Å². The normalized spacial score (nSPS) is 10.2. The number of hydrogen-bond acceptors (Lipinski definition) is 6. The Morgan fingerprint density at radius 3 is 2.33 bits per heavy atom. The van der Waals surface area contributed by atoms with Gasteiger partial charge in [0.1, 0.15) is 17.9 Å². The van der Waals surface area contributed by atoms with Crippen molar-refractivity contribution in [3.63, 3.8) is 0 Å². The van der Waals surface area contributed by atoms with Crippen molar-refractivity contribution in [2.24, 2.45) is 0 Å². The van der Waals surface area contributed by atoms with E-state index in [9.17, 15) is 4.79 Å². The molecular formula is C20H20N4O3. The fourth-order valence-electron chi connectivity index (χ4n) is 2.50. The van der Waals surface area contributed by atoms with Crippen LogP contribution in [0.3, 0.4) is 0 Å². The number of ether oxygens (including phenoxy) is 2. The Bertz CT molecular complexity index is 911. The van der Waals surface area contributed by atoms with Gasteiger partial charge in [-0.1, -0.05) is 0 Å². The fraction of sp³-hybridized carbons (Fsp3) is 0.150. The molecule has 0 spiro atoms. The molecule has 0 bridgehead atoms. The van der Waals surface area contributed by atoms with Gasteiger partial charge in [0.2, 0.25) is 0 Å². The summed E-state index contributed by atoms with van der Waals surface area (Å²) in [6.07, 6.45) is 1.09. The molecule has 7 heteroatoms. The average Bonchev–Trinajstić information content (AvgIpc) is 2.73. The molecule has 138 valence electrons. The third kappa shape index (κ3) is 4.33. The maximum Gasteiger partial charge on any atom is 0.413 e. The van der Waals surface area contributed by atoms with Crippen LogP contribution < -0.4 is 15.0 Å². The predicted octanol–water partition coefficient (Wildman–Crippen LogP) is 4.10. The van der Waals surface area contributed by atoms with Crippen molar-refractivity contribution in [2.75, 3.05) is 31.5 Å². The van der Waals surface area contributed by atoms with E-state index in [1.807, 2.05) is 54.6 Å². The summed E-state index contributed by atoms with van der Waals surface area (Å²) >= 11 is 0. The predicted molar refractivity (Wildman–Crippen MR) is 105 cm³/mol. The lowest BCUT2D eigenvalue weighted by atomic mass is 10.1. The number of carbonyl (C=O) groups excluding carboxylic acids is 1. The lowest BCUT2D eigenvalue weighted by Crippen LogP contribution is -2.25. The zero-order chi connectivity index (χ0) is 19.2. The molecule has 0 saturated carbocycles. The number of aromatic nitrogens is 2. The minimum Gasteiger partial charge on any atom is -0.497 e. The van der Waals surface area contributed by atoms with Crippen LogP contribution >= 0.6 is 0 Å². The van der Waals surface area contributed by atoms with Crippen LogP contribution in [-0.4, -0.2) is 37.3 Å². The van der Waals surface area contributed by atoms with Gasteiger partial charge in [0, 0.05) is 30.1 Å². The summed E-state index contributed by atoms with van der Waals surface area (Å²) in [5, 5.41) is 3.24. The van der Waals surface area contributed by atoms with E-state index in [0.717, 1.165) is 28.4 Å². The lowest BCUT2D eigenvalue weighted by molar-refractivity contribution is 0.180. The van der Waals surface area contributed by atoms with E-state index in [4.69, 9.17) is 9.47 Å². The Kier molecular flexibility index (Phi) is 5.51. The van der Waals surface area contributed by atoms with Crippen molar-refractivity contribution in [3.8, 4) is 17.0 Å². The van der Waals surface area contributed by atoms with Crippen molar-refractivity contribution >= 4 is 23.3 Å². The maximum atomic E-state index is 11.6. The number of anilines is 3. The van der Waals surface area contributed by atoms with E-state index in [1.165, 1.54) is 18.3 Å². The zero-order valence-electron chi connectivity index (χ0n) is 15.3. The number of rotatable bonds is 5. The van der Waals surface area contributed by atoms with Crippen LogP contribution in [0.4, 0.5) is 22.0 Å². The number of nitrogens with one attached hydrogen (secondary N) is 1. The van der Waals surface area contributed by atoms with Crippen molar-refractivity contribution in [2.45, 2.75) is 0 Å². The first kappa shape index (κ1) is 18.2. The van der Waals surface area contributed by atoms with E-state index in [0.29, 0.717) is 5.82 Å². The first-order valence-electron chi connectivity index (χ1n) is 8.26. The number of benzene rings is 2. The number of carbonyl (C=O) groups is 1. The lowest BCUT2D eigenvalue weighted by Gasteiger charge is -2.16. The summed E-state index contributed by atoms with van der Waals surface area (Å²) in [4.78, 5) is 21.6. The monoisotopic (exact) mass is 364 g/mol. The van der Waals surface area contributed by atoms with Gasteiger partial charge in [-0.2, -0.15) is 0 Å². The van der Waals surface area contributed by atoms with Crippen molar-refractivity contribution in [1.82, 2.24) is 9.97 Å². The second-order valence-corrected chi connectivity index (χ2v) is 5.72. The number of methoxy groups -OCH3 is 2. The van der Waals surface area contributed by atoms with E-state index in [2.05, 4.69) is 15.3 Å². The van der Waals surface area contributed by atoms with E-state index < -0.39 is 6.09 Å². The highest BCUT2D eigenvalue weighted by Gasteiger charge is 2.10. The highest BCUT2D eigenvalue weighted by molar-refractivity contribution is 5.87. The molecule has 1 amide bonds. The van der Waals surface area contributed by atoms with Gasteiger partial charge in [-0.05, 0) is 48.5 Å². The molecule has 1 heterocycles. The van der Waals surface area contributed by atoms with Crippen molar-refractivity contribution in [3.05, 3.63) is 60.9 Å². The smallest absolute Gasteiger partial charge is 0.413 e. The van der Waals surface area contributed by atoms with E-state index >= 15 is 0 Å². The van der Waals surface area contributed by atoms with Crippen molar-refractivity contribution in [1.29, 1.82) is 0 Å². The van der Waals surface area contributed by atoms with Gasteiger partial charge in [-0.3, -0.25) is 4.90 Å². The third-order valence-electron chi connectivity index (χ3n) is 4.03. The van der Waals surface area contributed by atoms with E-state index in [1.54, 1.807) is 14.2 Å². The molecule has 3 rings (SSSR count). The van der Waals surface area contributed by atoms with Gasteiger partial charge in [-0.15, -0.1) is 0 Å². The van der Waals surface area contributed by atoms with Crippen LogP contribution in [0.1, 0.15) is 0 Å². The third-order valence-corrected chi connectivity index (χ3v) is 4.03. The molecule has 1 N–H and O–H groups in total. The molecule has 27 heavy (non-hydrogen) atoms. The first-order valence-corrected chi connectivity index (χ1v) is 8.26. The van der Waals surface area contributed by atoms with Gasteiger partial charge in [-0.25, -0.2) is 14.8 Å². The van der Waals surface area contributed by atoms with Crippen LogP contribution in [0.15, 0.2) is 60.9 Å². The summed E-state index contributed by atoms with van der Waals surface area (Å²) in [5.74, 6) is 1.47. The summed E-state index contributed by atoms with van der Waals surface area (Å²) in [6, 6.07) is 16.9. The largest absolute Gasteiger partial charge is 0.497 e. The number of hydrogen-bond donors (Lipinski definition) is 1. The van der Waals surface area contributed by atoms with Crippen LogP contribution in [-0.2, 0) is 4.74 Å². The molecule has 0 fully saturated rings. The summed E-state index contributed by atoms with van der Waals surface area (Å²) in [6.45, 7) is 0. The summed E-state index contributed by atoms with van der Waals surface area (Å²) < 4.78 is 9.89. The average molecular weight is 364 g/mol.